The van der Waals surface area contributed by atoms with Crippen molar-refractivity contribution in [2.24, 2.45) is 0 Å². The molecule has 0 saturated heterocycles. The fourth-order valence-corrected chi connectivity index (χ4v) is 2.43. The van der Waals surface area contributed by atoms with Gasteiger partial charge in [-0.3, -0.25) is 0 Å². The zero-order valence-electron chi connectivity index (χ0n) is 10.1. The fourth-order valence-electron chi connectivity index (χ4n) is 2.43. The van der Waals surface area contributed by atoms with Crippen LogP contribution in [-0.2, 0) is 11.2 Å². The second kappa shape index (κ2) is 5.32. The molecule has 1 aliphatic rings. The number of hydrogen-bond acceptors (Lipinski definition) is 3. The van der Waals surface area contributed by atoms with E-state index in [1.165, 1.54) is 11.3 Å². The van der Waals surface area contributed by atoms with Crippen molar-refractivity contribution in [1.29, 1.82) is 0 Å². The average Bonchev–Trinajstić information content (AvgIpc) is 2.72. The van der Waals surface area contributed by atoms with Gasteiger partial charge < -0.3 is 15.0 Å². The van der Waals surface area contributed by atoms with E-state index in [1.54, 1.807) is 7.11 Å². The molecule has 1 aliphatic heterocycles. The van der Waals surface area contributed by atoms with Gasteiger partial charge in [0, 0.05) is 25.9 Å². The average molecular weight is 220 g/mol. The Balaban J connectivity index is 2.15. The maximum atomic E-state index is 5.30. The summed E-state index contributed by atoms with van der Waals surface area (Å²) in [5.74, 6) is 0. The highest BCUT2D eigenvalue weighted by atomic mass is 16.5. The van der Waals surface area contributed by atoms with Gasteiger partial charge in [0.15, 0.2) is 0 Å². The lowest BCUT2D eigenvalue weighted by Gasteiger charge is -2.29. The van der Waals surface area contributed by atoms with Crippen molar-refractivity contribution in [2.45, 2.75) is 12.5 Å². The van der Waals surface area contributed by atoms with E-state index in [9.17, 15) is 0 Å². The number of fused-ring (bicyclic) bond motifs is 1. The van der Waals surface area contributed by atoms with Gasteiger partial charge >= 0.3 is 0 Å². The summed E-state index contributed by atoms with van der Waals surface area (Å²) < 4.78 is 5.30. The van der Waals surface area contributed by atoms with Gasteiger partial charge in [-0.2, -0.15) is 0 Å². The van der Waals surface area contributed by atoms with Crippen LogP contribution >= 0.6 is 0 Å². The van der Waals surface area contributed by atoms with Crippen molar-refractivity contribution in [1.82, 2.24) is 5.32 Å². The molecule has 0 spiro atoms. The first-order valence-corrected chi connectivity index (χ1v) is 5.85. The van der Waals surface area contributed by atoms with E-state index >= 15 is 0 Å². The molecule has 1 aromatic carbocycles. The Hall–Kier alpha value is -1.06. The largest absolute Gasteiger partial charge is 0.383 e. The van der Waals surface area contributed by atoms with Crippen molar-refractivity contribution < 1.29 is 4.74 Å². The molecule has 1 aromatic rings. The van der Waals surface area contributed by atoms with Crippen LogP contribution in [0.5, 0.6) is 0 Å². The standard InChI is InChI=1S/C13H20N2O/c1-14-9-12(10-16-2)15-8-7-11-5-3-4-6-13(11)15/h3-6,12,14H,7-10H2,1-2H3. The predicted octanol–water partition coefficient (Wildman–Crippen LogP) is 1.28. The second-order valence-electron chi connectivity index (χ2n) is 4.24. The molecule has 3 heteroatoms. The molecule has 0 fully saturated rings. The van der Waals surface area contributed by atoms with Crippen LogP contribution in [-0.4, -0.2) is 39.9 Å². The van der Waals surface area contributed by atoms with Gasteiger partial charge in [0.2, 0.25) is 0 Å². The Labute approximate surface area is 97.4 Å². The summed E-state index contributed by atoms with van der Waals surface area (Å²) in [7, 11) is 3.76. The summed E-state index contributed by atoms with van der Waals surface area (Å²) in [4.78, 5) is 2.45. The third-order valence-electron chi connectivity index (χ3n) is 3.16. The van der Waals surface area contributed by atoms with Crippen LogP contribution in [0.2, 0.25) is 0 Å². The summed E-state index contributed by atoms with van der Waals surface area (Å²) in [6.07, 6.45) is 1.15. The predicted molar refractivity (Wildman–Crippen MR) is 67.1 cm³/mol. The van der Waals surface area contributed by atoms with Crippen molar-refractivity contribution in [3.63, 3.8) is 0 Å². The first-order valence-electron chi connectivity index (χ1n) is 5.85. The molecule has 0 aromatic heterocycles. The van der Waals surface area contributed by atoms with E-state index < -0.39 is 0 Å². The topological polar surface area (TPSA) is 24.5 Å². The summed E-state index contributed by atoms with van der Waals surface area (Å²) >= 11 is 0. The number of hydrogen-bond donors (Lipinski definition) is 1. The number of methoxy groups -OCH3 is 1. The van der Waals surface area contributed by atoms with Gasteiger partial charge in [-0.05, 0) is 25.1 Å². The molecule has 1 heterocycles. The minimum atomic E-state index is 0.429. The van der Waals surface area contributed by atoms with Crippen LogP contribution in [0, 0.1) is 0 Å². The smallest absolute Gasteiger partial charge is 0.0678 e. The van der Waals surface area contributed by atoms with E-state index in [-0.39, 0.29) is 0 Å². The van der Waals surface area contributed by atoms with E-state index in [4.69, 9.17) is 4.74 Å². The van der Waals surface area contributed by atoms with Gasteiger partial charge in [-0.1, -0.05) is 18.2 Å². The van der Waals surface area contributed by atoms with E-state index in [1.807, 2.05) is 7.05 Å². The number of nitrogens with one attached hydrogen (secondary N) is 1. The van der Waals surface area contributed by atoms with Crippen molar-refractivity contribution in [2.75, 3.05) is 38.8 Å². The van der Waals surface area contributed by atoms with Gasteiger partial charge in [0.1, 0.15) is 0 Å². The van der Waals surface area contributed by atoms with Gasteiger partial charge in [0.05, 0.1) is 12.6 Å². The molecule has 88 valence electrons. The van der Waals surface area contributed by atoms with Gasteiger partial charge in [-0.15, -0.1) is 0 Å². The van der Waals surface area contributed by atoms with Crippen LogP contribution < -0.4 is 10.2 Å². The maximum absolute atomic E-state index is 5.30. The molecular formula is C13H20N2O. The van der Waals surface area contributed by atoms with E-state index in [0.29, 0.717) is 6.04 Å². The Bertz CT molecular complexity index is 334. The number of rotatable bonds is 5. The Morgan fingerprint density at radius 1 is 1.44 bits per heavy atom. The number of nitrogens with zero attached hydrogens (tertiary/aromatic N) is 1. The third kappa shape index (κ3) is 2.20. The first kappa shape index (κ1) is 11.4. The minimum absolute atomic E-state index is 0.429. The summed E-state index contributed by atoms with van der Waals surface area (Å²) in [5, 5.41) is 3.24. The maximum Gasteiger partial charge on any atom is 0.0678 e. The normalized spacial score (nSPS) is 16.2. The third-order valence-corrected chi connectivity index (χ3v) is 3.16. The Morgan fingerprint density at radius 3 is 3.00 bits per heavy atom. The monoisotopic (exact) mass is 220 g/mol. The first-order chi connectivity index (χ1) is 7.86. The number of likely N-dealkylation sites (N-methyl/N-ethyl adjacent to an activating group) is 1. The second-order valence-corrected chi connectivity index (χ2v) is 4.24. The molecule has 0 radical (unpaired) electrons. The lowest BCUT2D eigenvalue weighted by molar-refractivity contribution is 0.176. The zero-order valence-corrected chi connectivity index (χ0v) is 10.1. The minimum Gasteiger partial charge on any atom is -0.383 e. The molecule has 1 unspecified atom stereocenters. The summed E-state index contributed by atoms with van der Waals surface area (Å²) in [5.41, 5.74) is 2.83. The van der Waals surface area contributed by atoms with Crippen molar-refractivity contribution in [3.8, 4) is 0 Å². The highest BCUT2D eigenvalue weighted by Crippen LogP contribution is 2.29. The number of para-hydroxylation sites is 1. The molecule has 0 saturated carbocycles. The molecule has 1 N–H and O–H groups in total. The number of anilines is 1. The molecule has 0 aliphatic carbocycles. The molecule has 3 nitrogen and oxygen atoms in total. The van der Waals surface area contributed by atoms with Crippen LogP contribution in [0.15, 0.2) is 24.3 Å². The van der Waals surface area contributed by atoms with Crippen LogP contribution in [0.3, 0.4) is 0 Å². The number of ether oxygens (including phenoxy) is 1. The lowest BCUT2D eigenvalue weighted by Crippen LogP contribution is -2.43. The fraction of sp³-hybridized carbons (Fsp3) is 0.538. The summed E-state index contributed by atoms with van der Waals surface area (Å²) in [6, 6.07) is 9.09. The van der Waals surface area contributed by atoms with Crippen molar-refractivity contribution in [3.05, 3.63) is 29.8 Å². The summed E-state index contributed by atoms with van der Waals surface area (Å²) in [6.45, 7) is 2.84. The van der Waals surface area contributed by atoms with Crippen LogP contribution in [0.1, 0.15) is 5.56 Å². The van der Waals surface area contributed by atoms with E-state index in [2.05, 4.69) is 34.5 Å². The molecule has 1 atom stereocenters. The van der Waals surface area contributed by atoms with E-state index in [0.717, 1.165) is 26.1 Å². The molecular weight excluding hydrogens is 200 g/mol. The quantitative estimate of drug-likeness (QED) is 0.809. The highest BCUT2D eigenvalue weighted by Gasteiger charge is 2.24. The Kier molecular flexibility index (Phi) is 3.80. The van der Waals surface area contributed by atoms with Crippen LogP contribution in [0.25, 0.3) is 0 Å². The van der Waals surface area contributed by atoms with Crippen molar-refractivity contribution >= 4 is 5.69 Å². The van der Waals surface area contributed by atoms with Gasteiger partial charge in [-0.25, -0.2) is 0 Å². The lowest BCUT2D eigenvalue weighted by atomic mass is 10.1. The van der Waals surface area contributed by atoms with Gasteiger partial charge in [0.25, 0.3) is 0 Å². The molecule has 2 rings (SSSR count). The van der Waals surface area contributed by atoms with Crippen LogP contribution in [0.4, 0.5) is 5.69 Å². The molecule has 0 bridgehead atoms. The number of benzene rings is 1. The SMILES string of the molecule is CNCC(COC)N1CCc2ccccc21. The molecule has 0 amide bonds. The Morgan fingerprint density at radius 2 is 2.25 bits per heavy atom. The molecule has 16 heavy (non-hydrogen) atoms. The zero-order chi connectivity index (χ0) is 11.4. The highest BCUT2D eigenvalue weighted by molar-refractivity contribution is 5.58.